The molecule has 5 nitrogen and oxygen atoms in total. The molecule has 0 bridgehead atoms. The molecule has 0 fully saturated rings. The van der Waals surface area contributed by atoms with Crippen molar-refractivity contribution in [1.29, 1.82) is 0 Å². The van der Waals surface area contributed by atoms with E-state index in [9.17, 15) is 18.8 Å². The van der Waals surface area contributed by atoms with Crippen LogP contribution in [0.3, 0.4) is 0 Å². The molecule has 1 N–H and O–H groups in total. The lowest BCUT2D eigenvalue weighted by molar-refractivity contribution is -0.108. The number of hydrogen-bond acceptors (Lipinski definition) is 4. The van der Waals surface area contributed by atoms with Gasteiger partial charge < -0.3 is 15.0 Å². The van der Waals surface area contributed by atoms with Gasteiger partial charge in [-0.3, -0.25) is 9.59 Å². The Bertz CT molecular complexity index is 671. The molecule has 0 radical (unpaired) electrons. The summed E-state index contributed by atoms with van der Waals surface area (Å²) >= 11 is 0. The lowest BCUT2D eigenvalue weighted by Gasteiger charge is -2.30. The van der Waals surface area contributed by atoms with Gasteiger partial charge in [0.1, 0.15) is 12.1 Å². The zero-order valence-electron chi connectivity index (χ0n) is 15.1. The zero-order valence-corrected chi connectivity index (χ0v) is 15.1. The molecule has 136 valence electrons. The fourth-order valence-corrected chi connectivity index (χ4v) is 2.66. The summed E-state index contributed by atoms with van der Waals surface area (Å²) in [7, 11) is 3.21. The number of likely N-dealkylation sites (N-methyl/N-ethyl adjacent to an activating group) is 2. The van der Waals surface area contributed by atoms with E-state index >= 15 is 0 Å². The van der Waals surface area contributed by atoms with E-state index in [1.807, 2.05) is 13.8 Å². The predicted molar refractivity (Wildman–Crippen MR) is 95.3 cm³/mol. The minimum absolute atomic E-state index is 0.000550. The number of hydrogen-bond donors (Lipinski definition) is 1. The maximum absolute atomic E-state index is 14.3. The van der Waals surface area contributed by atoms with Crippen LogP contribution in [-0.2, 0) is 4.79 Å². The van der Waals surface area contributed by atoms with Crippen LogP contribution < -0.4 is 5.32 Å². The first-order chi connectivity index (χ1) is 11.8. The van der Waals surface area contributed by atoms with Crippen molar-refractivity contribution in [2.24, 2.45) is 0 Å². The molecule has 6 heteroatoms. The van der Waals surface area contributed by atoms with Gasteiger partial charge in [0.05, 0.1) is 11.6 Å². The number of rotatable bonds is 9. The van der Waals surface area contributed by atoms with E-state index in [0.717, 1.165) is 12.4 Å². The molecule has 0 aliphatic carbocycles. The summed E-state index contributed by atoms with van der Waals surface area (Å²) in [5, 5.41) is 2.88. The minimum Gasteiger partial charge on any atom is -0.390 e. The third-order valence-electron chi connectivity index (χ3n) is 4.22. The van der Waals surface area contributed by atoms with E-state index < -0.39 is 17.8 Å². The molecule has 0 spiro atoms. The van der Waals surface area contributed by atoms with Crippen LogP contribution in [0.1, 0.15) is 58.9 Å². The maximum Gasteiger partial charge on any atom is 0.254 e. The normalized spacial score (nSPS) is 11.8. The summed E-state index contributed by atoms with van der Waals surface area (Å²) < 4.78 is 14.3. The molecule has 0 saturated carbocycles. The Kier molecular flexibility index (Phi) is 7.48. The standard InChI is InChI=1S/C19H25FN2O3/c1-12(2)15-9-14(11-24)16(10-17(15)20)19(25)22(5)18(7-6-8-23)13(3)21-4/h8-12,18,21H,3,6-7H2,1-2,4-5H3. The molecule has 0 heterocycles. The first-order valence-corrected chi connectivity index (χ1v) is 8.14. The van der Waals surface area contributed by atoms with Crippen LogP contribution >= 0.6 is 0 Å². The van der Waals surface area contributed by atoms with Crippen LogP contribution in [0.2, 0.25) is 0 Å². The summed E-state index contributed by atoms with van der Waals surface area (Å²) in [4.78, 5) is 36.3. The number of carbonyl (C=O) groups is 3. The highest BCUT2D eigenvalue weighted by Crippen LogP contribution is 2.24. The Hall–Kier alpha value is -2.50. The SMILES string of the molecule is C=C(NC)C(CCC=O)N(C)C(=O)c1cc(F)c(C(C)C)cc1C=O. The molecule has 25 heavy (non-hydrogen) atoms. The first-order valence-electron chi connectivity index (χ1n) is 8.14. The highest BCUT2D eigenvalue weighted by Gasteiger charge is 2.26. The average molecular weight is 348 g/mol. The molecule has 1 aromatic rings. The number of amides is 1. The third kappa shape index (κ3) is 4.75. The molecule has 0 aliphatic rings. The molecule has 1 aromatic carbocycles. The topological polar surface area (TPSA) is 66.5 Å². The Labute approximate surface area is 147 Å². The van der Waals surface area contributed by atoms with Crippen LogP contribution in [0.4, 0.5) is 4.39 Å². The fraction of sp³-hybridized carbons (Fsp3) is 0.421. The van der Waals surface area contributed by atoms with Crippen LogP contribution in [0.25, 0.3) is 0 Å². The molecule has 1 amide bonds. The summed E-state index contributed by atoms with van der Waals surface area (Å²) in [6, 6.07) is 2.08. The third-order valence-corrected chi connectivity index (χ3v) is 4.22. The number of nitrogens with zero attached hydrogens (tertiary/aromatic N) is 1. The summed E-state index contributed by atoms with van der Waals surface area (Å²) in [6.07, 6.45) is 1.96. The van der Waals surface area contributed by atoms with Crippen molar-refractivity contribution in [3.8, 4) is 0 Å². The monoisotopic (exact) mass is 348 g/mol. The van der Waals surface area contributed by atoms with Crippen LogP contribution in [0.15, 0.2) is 24.4 Å². The highest BCUT2D eigenvalue weighted by molar-refractivity contribution is 6.01. The molecule has 0 aliphatic heterocycles. The van der Waals surface area contributed by atoms with Crippen molar-refractivity contribution in [3.63, 3.8) is 0 Å². The molecular weight excluding hydrogens is 323 g/mol. The second-order valence-corrected chi connectivity index (χ2v) is 6.18. The van der Waals surface area contributed by atoms with Gasteiger partial charge in [-0.1, -0.05) is 20.4 Å². The van der Waals surface area contributed by atoms with Gasteiger partial charge in [0.15, 0.2) is 6.29 Å². The molecule has 1 rings (SSSR count). The van der Waals surface area contributed by atoms with Crippen LogP contribution in [0.5, 0.6) is 0 Å². The highest BCUT2D eigenvalue weighted by atomic mass is 19.1. The van der Waals surface area contributed by atoms with Gasteiger partial charge in [-0.05, 0) is 30.0 Å². The largest absolute Gasteiger partial charge is 0.390 e. The Morgan fingerprint density at radius 3 is 2.48 bits per heavy atom. The smallest absolute Gasteiger partial charge is 0.254 e. The zero-order chi connectivity index (χ0) is 19.1. The molecule has 0 aromatic heterocycles. The Morgan fingerprint density at radius 2 is 2.00 bits per heavy atom. The summed E-state index contributed by atoms with van der Waals surface area (Å²) in [6.45, 7) is 7.48. The van der Waals surface area contributed by atoms with Crippen molar-refractivity contribution in [2.75, 3.05) is 14.1 Å². The van der Waals surface area contributed by atoms with Gasteiger partial charge in [0.25, 0.3) is 5.91 Å². The van der Waals surface area contributed by atoms with Gasteiger partial charge in [0.2, 0.25) is 0 Å². The van der Waals surface area contributed by atoms with E-state index in [1.165, 1.54) is 11.0 Å². The molecular formula is C19H25FN2O3. The number of nitrogens with one attached hydrogen (secondary N) is 1. The second kappa shape index (κ2) is 9.11. The van der Waals surface area contributed by atoms with Crippen LogP contribution in [0, 0.1) is 5.82 Å². The number of carbonyl (C=O) groups excluding carboxylic acids is 3. The van der Waals surface area contributed by atoms with Gasteiger partial charge in [-0.15, -0.1) is 0 Å². The van der Waals surface area contributed by atoms with Gasteiger partial charge >= 0.3 is 0 Å². The fourth-order valence-electron chi connectivity index (χ4n) is 2.66. The van der Waals surface area contributed by atoms with Crippen molar-refractivity contribution in [3.05, 3.63) is 46.9 Å². The van der Waals surface area contributed by atoms with Crippen molar-refractivity contribution < 1.29 is 18.8 Å². The van der Waals surface area contributed by atoms with E-state index in [2.05, 4.69) is 11.9 Å². The lowest BCUT2D eigenvalue weighted by Crippen LogP contribution is -2.41. The van der Waals surface area contributed by atoms with Crippen LogP contribution in [-0.4, -0.2) is 43.5 Å². The van der Waals surface area contributed by atoms with E-state index in [-0.39, 0.29) is 23.5 Å². The maximum atomic E-state index is 14.3. The molecule has 0 saturated heterocycles. The number of halogens is 1. The van der Waals surface area contributed by atoms with Crippen molar-refractivity contribution in [2.45, 2.75) is 38.6 Å². The summed E-state index contributed by atoms with van der Waals surface area (Å²) in [5.41, 5.74) is 1.09. The number of aldehydes is 2. The van der Waals surface area contributed by atoms with Crippen molar-refractivity contribution >= 4 is 18.5 Å². The minimum atomic E-state index is -0.519. The lowest BCUT2D eigenvalue weighted by atomic mass is 9.96. The average Bonchev–Trinajstić information content (AvgIpc) is 2.60. The van der Waals surface area contributed by atoms with Gasteiger partial charge in [0, 0.05) is 31.8 Å². The molecule has 1 unspecified atom stereocenters. The quantitative estimate of drug-likeness (QED) is 0.697. The van der Waals surface area contributed by atoms with Crippen molar-refractivity contribution in [1.82, 2.24) is 10.2 Å². The van der Waals surface area contributed by atoms with E-state index in [4.69, 9.17) is 0 Å². The van der Waals surface area contributed by atoms with Gasteiger partial charge in [-0.25, -0.2) is 4.39 Å². The molecule has 1 atom stereocenters. The van der Waals surface area contributed by atoms with E-state index in [1.54, 1.807) is 14.1 Å². The van der Waals surface area contributed by atoms with Gasteiger partial charge in [-0.2, -0.15) is 0 Å². The van der Waals surface area contributed by atoms with E-state index in [0.29, 0.717) is 24.0 Å². The Morgan fingerprint density at radius 1 is 1.36 bits per heavy atom. The first kappa shape index (κ1) is 20.5. The number of benzene rings is 1. The predicted octanol–water partition coefficient (Wildman–Crippen LogP) is 2.91. The second-order valence-electron chi connectivity index (χ2n) is 6.18. The Balaban J connectivity index is 3.27. The summed E-state index contributed by atoms with van der Waals surface area (Å²) in [5.74, 6) is -1.12.